The van der Waals surface area contributed by atoms with Crippen molar-refractivity contribution >= 4 is 5.91 Å². The van der Waals surface area contributed by atoms with Crippen molar-refractivity contribution in [3.63, 3.8) is 0 Å². The summed E-state index contributed by atoms with van der Waals surface area (Å²) in [5, 5.41) is 0. The molecule has 4 nitrogen and oxygen atoms in total. The van der Waals surface area contributed by atoms with E-state index in [0.717, 1.165) is 23.3 Å². The summed E-state index contributed by atoms with van der Waals surface area (Å²) in [5.74, 6) is 0.471. The van der Waals surface area contributed by atoms with Crippen molar-refractivity contribution in [2.24, 2.45) is 11.5 Å². The summed E-state index contributed by atoms with van der Waals surface area (Å²) in [6, 6.07) is 6.03. The van der Waals surface area contributed by atoms with E-state index < -0.39 is 0 Å². The van der Waals surface area contributed by atoms with E-state index in [4.69, 9.17) is 16.2 Å². The molecule has 0 heterocycles. The molecule has 0 aliphatic carbocycles. The number of nitrogens with two attached hydrogens (primary N) is 2. The van der Waals surface area contributed by atoms with Crippen molar-refractivity contribution in [1.82, 2.24) is 0 Å². The monoisotopic (exact) mass is 236 g/mol. The van der Waals surface area contributed by atoms with Crippen LogP contribution in [0.3, 0.4) is 0 Å². The minimum absolute atomic E-state index is 0.0790. The maximum absolute atomic E-state index is 10.7. The van der Waals surface area contributed by atoms with Gasteiger partial charge in [-0.1, -0.05) is 18.2 Å². The molecule has 0 fully saturated rings. The van der Waals surface area contributed by atoms with E-state index >= 15 is 0 Å². The Labute approximate surface area is 102 Å². The lowest BCUT2D eigenvalue weighted by molar-refractivity contribution is -0.118. The molecule has 0 spiro atoms. The Balaban J connectivity index is 2.76. The largest absolute Gasteiger partial charge is 0.492 e. The van der Waals surface area contributed by atoms with E-state index in [2.05, 4.69) is 0 Å². The Morgan fingerprint density at radius 2 is 2.18 bits per heavy atom. The van der Waals surface area contributed by atoms with Crippen LogP contribution < -0.4 is 16.2 Å². The minimum atomic E-state index is -0.354. The molecule has 0 radical (unpaired) electrons. The molecule has 0 saturated carbocycles. The van der Waals surface area contributed by atoms with Crippen LogP contribution in [-0.4, -0.2) is 18.6 Å². The topological polar surface area (TPSA) is 78.3 Å². The van der Waals surface area contributed by atoms with Crippen molar-refractivity contribution in [3.8, 4) is 5.75 Å². The maximum Gasteiger partial charge on any atom is 0.220 e. The molecule has 4 heteroatoms. The predicted molar refractivity (Wildman–Crippen MR) is 67.8 cm³/mol. The smallest absolute Gasteiger partial charge is 0.220 e. The van der Waals surface area contributed by atoms with Gasteiger partial charge in [-0.2, -0.15) is 0 Å². The first-order valence-electron chi connectivity index (χ1n) is 5.76. The summed E-state index contributed by atoms with van der Waals surface area (Å²) in [5.41, 5.74) is 13.0. The number of benzene rings is 1. The zero-order chi connectivity index (χ0) is 12.8. The second kappa shape index (κ2) is 6.25. The predicted octanol–water partition coefficient (Wildman–Crippen LogP) is 1.14. The van der Waals surface area contributed by atoms with Crippen LogP contribution >= 0.6 is 0 Å². The van der Waals surface area contributed by atoms with Gasteiger partial charge in [-0.3, -0.25) is 4.79 Å². The number of carbonyl (C=O) groups excluding carboxylic acids is 1. The van der Waals surface area contributed by atoms with Gasteiger partial charge in [0.05, 0.1) is 13.0 Å². The Morgan fingerprint density at radius 1 is 1.47 bits per heavy atom. The molecule has 1 amide bonds. The third-order valence-corrected chi connectivity index (χ3v) is 2.43. The Morgan fingerprint density at radius 3 is 2.76 bits per heavy atom. The van der Waals surface area contributed by atoms with Crippen molar-refractivity contribution in [1.29, 1.82) is 0 Å². The molecular weight excluding hydrogens is 216 g/mol. The lowest BCUT2D eigenvalue weighted by atomic mass is 10.0. The van der Waals surface area contributed by atoms with E-state index in [-0.39, 0.29) is 18.4 Å². The number of aryl methyl sites for hydroxylation is 1. The normalized spacial score (nSPS) is 12.2. The molecule has 0 saturated heterocycles. The molecule has 1 aromatic rings. The Bertz CT molecular complexity index is 389. The second-order valence-corrected chi connectivity index (χ2v) is 4.31. The number of hydrogen-bond acceptors (Lipinski definition) is 3. The molecule has 0 aromatic heterocycles. The summed E-state index contributed by atoms with van der Waals surface area (Å²) in [6.45, 7) is 4.24. The van der Waals surface area contributed by atoms with Gasteiger partial charge in [0.2, 0.25) is 5.91 Å². The highest BCUT2D eigenvalue weighted by Gasteiger charge is 2.09. The second-order valence-electron chi connectivity index (χ2n) is 4.31. The minimum Gasteiger partial charge on any atom is -0.492 e. The van der Waals surface area contributed by atoms with E-state index in [1.807, 2.05) is 32.0 Å². The standard InChI is InChI=1S/C13H20N2O2/c1-9-4-3-5-11(8-10(2)14)13(9)17-7-6-12(15)16/h3-5,10H,6-8,14H2,1-2H3,(H2,15,16). The highest BCUT2D eigenvalue weighted by Crippen LogP contribution is 2.24. The Kier molecular flexibility index (Phi) is 4.97. The average molecular weight is 236 g/mol. The summed E-state index contributed by atoms with van der Waals surface area (Å²) in [4.78, 5) is 10.7. The molecule has 0 aliphatic heterocycles. The van der Waals surface area contributed by atoms with Crippen LogP contribution in [0.2, 0.25) is 0 Å². The first-order valence-corrected chi connectivity index (χ1v) is 5.76. The molecular formula is C13H20N2O2. The maximum atomic E-state index is 10.7. The first kappa shape index (κ1) is 13.5. The summed E-state index contributed by atoms with van der Waals surface area (Å²) < 4.78 is 5.62. The van der Waals surface area contributed by atoms with Crippen LogP contribution in [0.5, 0.6) is 5.75 Å². The van der Waals surface area contributed by atoms with Gasteiger partial charge in [-0.15, -0.1) is 0 Å². The highest BCUT2D eigenvalue weighted by atomic mass is 16.5. The SMILES string of the molecule is Cc1cccc(CC(C)N)c1OCCC(N)=O. The van der Waals surface area contributed by atoms with Crippen molar-refractivity contribution < 1.29 is 9.53 Å². The van der Waals surface area contributed by atoms with E-state index in [9.17, 15) is 4.79 Å². The average Bonchev–Trinajstić information content (AvgIpc) is 2.21. The Hall–Kier alpha value is -1.55. The number of rotatable bonds is 6. The fraction of sp³-hybridized carbons (Fsp3) is 0.462. The van der Waals surface area contributed by atoms with Crippen LogP contribution in [0.4, 0.5) is 0 Å². The van der Waals surface area contributed by atoms with Crippen LogP contribution in [0.1, 0.15) is 24.5 Å². The summed E-state index contributed by atoms with van der Waals surface area (Å²) >= 11 is 0. The lowest BCUT2D eigenvalue weighted by Gasteiger charge is -2.15. The fourth-order valence-electron chi connectivity index (χ4n) is 1.68. The van der Waals surface area contributed by atoms with E-state index in [0.29, 0.717) is 6.61 Å². The van der Waals surface area contributed by atoms with Crippen molar-refractivity contribution in [2.45, 2.75) is 32.7 Å². The van der Waals surface area contributed by atoms with Gasteiger partial charge >= 0.3 is 0 Å². The van der Waals surface area contributed by atoms with Gasteiger partial charge in [0.25, 0.3) is 0 Å². The van der Waals surface area contributed by atoms with Crippen LogP contribution in [0.15, 0.2) is 18.2 Å². The number of primary amides is 1. The highest BCUT2D eigenvalue weighted by molar-refractivity contribution is 5.73. The lowest BCUT2D eigenvalue weighted by Crippen LogP contribution is -2.19. The molecule has 1 unspecified atom stereocenters. The molecule has 94 valence electrons. The molecule has 17 heavy (non-hydrogen) atoms. The van der Waals surface area contributed by atoms with Crippen molar-refractivity contribution in [3.05, 3.63) is 29.3 Å². The van der Waals surface area contributed by atoms with Gasteiger partial charge < -0.3 is 16.2 Å². The third-order valence-electron chi connectivity index (χ3n) is 2.43. The first-order chi connectivity index (χ1) is 8.00. The number of para-hydroxylation sites is 1. The molecule has 4 N–H and O–H groups in total. The van der Waals surface area contributed by atoms with Gasteiger partial charge in [0, 0.05) is 6.04 Å². The zero-order valence-corrected chi connectivity index (χ0v) is 10.4. The van der Waals surface area contributed by atoms with Crippen LogP contribution in [0.25, 0.3) is 0 Å². The third kappa shape index (κ3) is 4.44. The molecule has 1 aromatic carbocycles. The van der Waals surface area contributed by atoms with Crippen LogP contribution in [0, 0.1) is 6.92 Å². The molecule has 1 atom stereocenters. The zero-order valence-electron chi connectivity index (χ0n) is 10.4. The fourth-order valence-corrected chi connectivity index (χ4v) is 1.68. The van der Waals surface area contributed by atoms with Gasteiger partial charge in [-0.05, 0) is 31.4 Å². The van der Waals surface area contributed by atoms with Crippen LogP contribution in [-0.2, 0) is 11.2 Å². The molecule has 1 rings (SSSR count). The van der Waals surface area contributed by atoms with E-state index in [1.165, 1.54) is 0 Å². The summed E-state index contributed by atoms with van der Waals surface area (Å²) in [7, 11) is 0. The van der Waals surface area contributed by atoms with Gasteiger partial charge in [-0.25, -0.2) is 0 Å². The van der Waals surface area contributed by atoms with E-state index in [1.54, 1.807) is 0 Å². The number of amides is 1. The number of ether oxygens (including phenoxy) is 1. The quantitative estimate of drug-likeness (QED) is 0.777. The van der Waals surface area contributed by atoms with Gasteiger partial charge in [0.15, 0.2) is 0 Å². The number of hydrogen-bond donors (Lipinski definition) is 2. The summed E-state index contributed by atoms with van der Waals surface area (Å²) in [6.07, 6.45) is 0.986. The number of carbonyl (C=O) groups is 1. The molecule has 0 bridgehead atoms. The molecule has 0 aliphatic rings. The van der Waals surface area contributed by atoms with Gasteiger partial charge in [0.1, 0.15) is 5.75 Å². The van der Waals surface area contributed by atoms with Crippen molar-refractivity contribution in [2.75, 3.05) is 6.61 Å².